The molecule has 0 aliphatic carbocycles. The number of halogens is 1. The average Bonchev–Trinajstić information content (AvgIpc) is 2.59. The lowest BCUT2D eigenvalue weighted by Gasteiger charge is -2.30. The van der Waals surface area contributed by atoms with Crippen LogP contribution in [0, 0.1) is 6.92 Å². The van der Waals surface area contributed by atoms with Gasteiger partial charge >= 0.3 is 0 Å². The van der Waals surface area contributed by atoms with Crippen molar-refractivity contribution in [3.8, 4) is 5.75 Å². The highest BCUT2D eigenvalue weighted by molar-refractivity contribution is 7.92. The van der Waals surface area contributed by atoms with Crippen LogP contribution in [0.4, 0.5) is 11.4 Å². The number of ether oxygens (including phenoxy) is 1. The Kier molecular flexibility index (Phi) is 6.73. The molecule has 0 bridgehead atoms. The van der Waals surface area contributed by atoms with Gasteiger partial charge in [0.2, 0.25) is 15.9 Å². The van der Waals surface area contributed by atoms with Gasteiger partial charge in [-0.05, 0) is 43.7 Å². The quantitative estimate of drug-likeness (QED) is 0.752. The summed E-state index contributed by atoms with van der Waals surface area (Å²) < 4.78 is 31.3. The standard InChI is InChI=1S/C19H23ClN2O4S/c1-5-17(19(23)21-16-12-14(20)8-11-18(16)26-3)22(27(4,24)25)15-9-6-13(2)7-10-15/h6-12,17H,5H2,1-4H3,(H,21,23)/t17-/m0/s1. The summed E-state index contributed by atoms with van der Waals surface area (Å²) in [7, 11) is -2.21. The molecular weight excluding hydrogens is 388 g/mol. The van der Waals surface area contributed by atoms with Crippen molar-refractivity contribution >= 4 is 38.9 Å². The first-order valence-corrected chi connectivity index (χ1v) is 10.6. The van der Waals surface area contributed by atoms with E-state index in [1.54, 1.807) is 49.4 Å². The maximum absolute atomic E-state index is 12.9. The summed E-state index contributed by atoms with van der Waals surface area (Å²) >= 11 is 6.00. The van der Waals surface area contributed by atoms with Crippen LogP contribution in [0.3, 0.4) is 0 Å². The molecule has 1 N–H and O–H groups in total. The van der Waals surface area contributed by atoms with Gasteiger partial charge in [0.05, 0.1) is 24.7 Å². The fraction of sp³-hybridized carbons (Fsp3) is 0.316. The van der Waals surface area contributed by atoms with Gasteiger partial charge < -0.3 is 10.1 Å². The molecule has 2 aromatic carbocycles. The molecule has 6 nitrogen and oxygen atoms in total. The zero-order valence-electron chi connectivity index (χ0n) is 15.7. The molecule has 8 heteroatoms. The summed E-state index contributed by atoms with van der Waals surface area (Å²) in [6, 6.07) is 10.9. The zero-order chi connectivity index (χ0) is 20.2. The number of nitrogens with zero attached hydrogens (tertiary/aromatic N) is 1. The van der Waals surface area contributed by atoms with E-state index in [0.717, 1.165) is 16.1 Å². The van der Waals surface area contributed by atoms with E-state index in [4.69, 9.17) is 16.3 Å². The number of nitrogens with one attached hydrogen (secondary N) is 1. The number of sulfonamides is 1. The lowest BCUT2D eigenvalue weighted by Crippen LogP contribution is -2.47. The van der Waals surface area contributed by atoms with E-state index in [-0.39, 0.29) is 6.42 Å². The normalized spacial score (nSPS) is 12.3. The maximum atomic E-state index is 12.9. The second-order valence-electron chi connectivity index (χ2n) is 6.15. The van der Waals surface area contributed by atoms with Crippen LogP contribution in [0.2, 0.25) is 5.02 Å². The van der Waals surface area contributed by atoms with Crippen LogP contribution in [0.5, 0.6) is 5.75 Å². The molecule has 0 fully saturated rings. The predicted octanol–water partition coefficient (Wildman–Crippen LogP) is 3.84. The van der Waals surface area contributed by atoms with Crippen molar-refractivity contribution in [2.24, 2.45) is 0 Å². The molecule has 0 heterocycles. The van der Waals surface area contributed by atoms with Crippen molar-refractivity contribution in [2.75, 3.05) is 23.0 Å². The topological polar surface area (TPSA) is 75.7 Å². The molecular formula is C19H23ClN2O4S. The molecule has 146 valence electrons. The van der Waals surface area contributed by atoms with Crippen LogP contribution in [0.1, 0.15) is 18.9 Å². The lowest BCUT2D eigenvalue weighted by molar-refractivity contribution is -0.117. The SMILES string of the molecule is CC[C@@H](C(=O)Nc1cc(Cl)ccc1OC)N(c1ccc(C)cc1)S(C)(=O)=O. The Hall–Kier alpha value is -2.25. The van der Waals surface area contributed by atoms with Crippen LogP contribution >= 0.6 is 11.6 Å². The van der Waals surface area contributed by atoms with Gasteiger partial charge in [0.1, 0.15) is 11.8 Å². The number of methoxy groups -OCH3 is 1. The highest BCUT2D eigenvalue weighted by Gasteiger charge is 2.31. The molecule has 0 aliphatic heterocycles. The highest BCUT2D eigenvalue weighted by Crippen LogP contribution is 2.29. The highest BCUT2D eigenvalue weighted by atomic mass is 35.5. The minimum absolute atomic E-state index is 0.287. The number of anilines is 2. The number of rotatable bonds is 7. The predicted molar refractivity (Wildman–Crippen MR) is 109 cm³/mol. The Morgan fingerprint density at radius 3 is 2.37 bits per heavy atom. The summed E-state index contributed by atoms with van der Waals surface area (Å²) in [5, 5.41) is 3.16. The van der Waals surface area contributed by atoms with E-state index < -0.39 is 22.0 Å². The lowest BCUT2D eigenvalue weighted by atomic mass is 10.1. The third kappa shape index (κ3) is 5.14. The molecule has 0 radical (unpaired) electrons. The molecule has 0 aliphatic rings. The van der Waals surface area contributed by atoms with Crippen LogP contribution < -0.4 is 14.4 Å². The summed E-state index contributed by atoms with van der Waals surface area (Å²) in [5.41, 5.74) is 1.81. The molecule has 2 aromatic rings. The van der Waals surface area contributed by atoms with Gasteiger partial charge in [-0.25, -0.2) is 8.42 Å². The smallest absolute Gasteiger partial charge is 0.248 e. The van der Waals surface area contributed by atoms with Crippen molar-refractivity contribution in [3.05, 3.63) is 53.1 Å². The number of amides is 1. The average molecular weight is 411 g/mol. The Balaban J connectivity index is 2.41. The number of carbonyl (C=O) groups is 1. The van der Waals surface area contributed by atoms with Gasteiger partial charge in [0, 0.05) is 5.02 Å². The first-order chi connectivity index (χ1) is 12.7. The first kappa shape index (κ1) is 21.1. The van der Waals surface area contributed by atoms with Gasteiger partial charge in [-0.1, -0.05) is 36.2 Å². The number of carbonyl (C=O) groups excluding carboxylic acids is 1. The van der Waals surface area contributed by atoms with Crippen LogP contribution in [-0.4, -0.2) is 33.7 Å². The summed E-state index contributed by atoms with van der Waals surface area (Å²) in [6.45, 7) is 3.66. The van der Waals surface area contributed by atoms with E-state index in [1.165, 1.54) is 7.11 Å². The molecule has 0 saturated carbocycles. The molecule has 2 rings (SSSR count). The van der Waals surface area contributed by atoms with Crippen molar-refractivity contribution < 1.29 is 17.9 Å². The molecule has 27 heavy (non-hydrogen) atoms. The summed E-state index contributed by atoms with van der Waals surface area (Å²) in [6.07, 6.45) is 1.37. The number of benzene rings is 2. The number of hydrogen-bond acceptors (Lipinski definition) is 4. The van der Waals surface area contributed by atoms with Gasteiger partial charge in [-0.2, -0.15) is 0 Å². The van der Waals surface area contributed by atoms with Crippen LogP contribution in [-0.2, 0) is 14.8 Å². The Labute approximate surface area is 165 Å². The summed E-state index contributed by atoms with van der Waals surface area (Å²) in [4.78, 5) is 12.9. The van der Waals surface area contributed by atoms with Crippen molar-refractivity contribution in [1.29, 1.82) is 0 Å². The molecule has 1 atom stereocenters. The van der Waals surface area contributed by atoms with Crippen molar-refractivity contribution in [1.82, 2.24) is 0 Å². The second-order valence-corrected chi connectivity index (χ2v) is 8.45. The monoisotopic (exact) mass is 410 g/mol. The fourth-order valence-corrected chi connectivity index (χ4v) is 4.13. The molecule has 1 amide bonds. The van der Waals surface area contributed by atoms with E-state index in [1.807, 2.05) is 6.92 Å². The van der Waals surface area contributed by atoms with Crippen LogP contribution in [0.25, 0.3) is 0 Å². The first-order valence-electron chi connectivity index (χ1n) is 8.37. The number of aryl methyl sites for hydroxylation is 1. The van der Waals surface area contributed by atoms with E-state index in [2.05, 4.69) is 5.32 Å². The van der Waals surface area contributed by atoms with E-state index in [9.17, 15) is 13.2 Å². The van der Waals surface area contributed by atoms with E-state index in [0.29, 0.717) is 22.1 Å². The minimum Gasteiger partial charge on any atom is -0.495 e. The molecule has 0 spiro atoms. The Morgan fingerprint density at radius 1 is 1.22 bits per heavy atom. The second kappa shape index (κ2) is 8.63. The van der Waals surface area contributed by atoms with Gasteiger partial charge in [-0.15, -0.1) is 0 Å². The molecule has 0 unspecified atom stereocenters. The van der Waals surface area contributed by atoms with Crippen molar-refractivity contribution in [3.63, 3.8) is 0 Å². The fourth-order valence-electron chi connectivity index (χ4n) is 2.75. The Morgan fingerprint density at radius 2 is 1.85 bits per heavy atom. The third-order valence-electron chi connectivity index (χ3n) is 4.04. The zero-order valence-corrected chi connectivity index (χ0v) is 17.3. The summed E-state index contributed by atoms with van der Waals surface area (Å²) in [5.74, 6) is -0.0343. The van der Waals surface area contributed by atoms with Gasteiger partial charge in [0.15, 0.2) is 0 Å². The number of hydrogen-bond donors (Lipinski definition) is 1. The van der Waals surface area contributed by atoms with Crippen LogP contribution in [0.15, 0.2) is 42.5 Å². The largest absolute Gasteiger partial charge is 0.495 e. The van der Waals surface area contributed by atoms with Crippen molar-refractivity contribution in [2.45, 2.75) is 26.3 Å². The van der Waals surface area contributed by atoms with E-state index >= 15 is 0 Å². The third-order valence-corrected chi connectivity index (χ3v) is 5.45. The Bertz CT molecular complexity index is 914. The minimum atomic E-state index is -3.69. The van der Waals surface area contributed by atoms with Gasteiger partial charge in [-0.3, -0.25) is 9.10 Å². The maximum Gasteiger partial charge on any atom is 0.248 e. The van der Waals surface area contributed by atoms with Gasteiger partial charge in [0.25, 0.3) is 0 Å². The molecule has 0 saturated heterocycles. The molecule has 0 aromatic heterocycles.